The fourth-order valence-corrected chi connectivity index (χ4v) is 4.10. The Hall–Kier alpha value is -3.64. The average Bonchev–Trinajstić information content (AvgIpc) is 2.73. The largest absolute Gasteiger partial charge is 0.492 e. The fourth-order valence-electron chi connectivity index (χ4n) is 3.86. The van der Waals surface area contributed by atoms with E-state index < -0.39 is 4.92 Å². The van der Waals surface area contributed by atoms with Gasteiger partial charge in [-0.05, 0) is 31.0 Å². The molecule has 1 N–H and O–H groups in total. The van der Waals surface area contributed by atoms with E-state index in [1.165, 1.54) is 12.1 Å². The smallest absolute Gasteiger partial charge is 0.288 e. The van der Waals surface area contributed by atoms with E-state index in [0.29, 0.717) is 40.8 Å². The highest BCUT2D eigenvalue weighted by Gasteiger charge is 2.21. The summed E-state index contributed by atoms with van der Waals surface area (Å²) in [4.78, 5) is 26.9. The first-order chi connectivity index (χ1) is 15.3. The van der Waals surface area contributed by atoms with Crippen LogP contribution in [0.5, 0.6) is 5.75 Å². The van der Waals surface area contributed by atoms with E-state index in [2.05, 4.69) is 4.98 Å². The van der Waals surface area contributed by atoms with Gasteiger partial charge in [-0.25, -0.2) is 0 Å². The highest BCUT2D eigenvalue weighted by molar-refractivity contribution is 6.33. The van der Waals surface area contributed by atoms with Crippen LogP contribution in [0, 0.1) is 24.0 Å². The molecule has 0 unspecified atom stereocenters. The molecule has 32 heavy (non-hydrogen) atoms. The molecule has 7 heteroatoms. The first-order valence-electron chi connectivity index (χ1n) is 10.1. The molecule has 0 saturated carbocycles. The van der Waals surface area contributed by atoms with Crippen molar-refractivity contribution < 1.29 is 9.66 Å². The van der Waals surface area contributed by atoms with E-state index in [1.54, 1.807) is 0 Å². The van der Waals surface area contributed by atoms with Crippen LogP contribution in [0.3, 0.4) is 0 Å². The van der Waals surface area contributed by atoms with Crippen molar-refractivity contribution in [3.8, 4) is 16.9 Å². The second-order valence-corrected chi connectivity index (χ2v) is 8.13. The molecule has 0 atom stereocenters. The molecule has 4 aromatic rings. The predicted molar refractivity (Wildman–Crippen MR) is 127 cm³/mol. The molecule has 0 fully saturated rings. The molecule has 0 bridgehead atoms. The molecule has 0 aliphatic heterocycles. The number of H-pyrrole nitrogens is 1. The van der Waals surface area contributed by atoms with Crippen LogP contribution in [-0.4, -0.2) is 16.5 Å². The summed E-state index contributed by atoms with van der Waals surface area (Å²) in [5.74, 6) is 0.310. The van der Waals surface area contributed by atoms with E-state index in [-0.39, 0.29) is 16.3 Å². The number of hydrogen-bond acceptors (Lipinski definition) is 4. The van der Waals surface area contributed by atoms with Crippen molar-refractivity contribution >= 4 is 28.2 Å². The van der Waals surface area contributed by atoms with Gasteiger partial charge >= 0.3 is 0 Å². The molecule has 162 valence electrons. The zero-order valence-corrected chi connectivity index (χ0v) is 18.4. The van der Waals surface area contributed by atoms with Gasteiger partial charge in [-0.2, -0.15) is 0 Å². The predicted octanol–water partition coefficient (Wildman–Crippen LogP) is 6.00. The van der Waals surface area contributed by atoms with Gasteiger partial charge in [0.1, 0.15) is 10.8 Å². The Morgan fingerprint density at radius 2 is 1.72 bits per heavy atom. The zero-order valence-electron chi connectivity index (χ0n) is 17.6. The number of nitro groups is 1. The number of halogens is 1. The summed E-state index contributed by atoms with van der Waals surface area (Å²) < 4.78 is 6.16. The molecule has 1 aromatic heterocycles. The van der Waals surface area contributed by atoms with E-state index in [9.17, 15) is 14.9 Å². The number of aromatic amines is 1. The Labute approximate surface area is 189 Å². The van der Waals surface area contributed by atoms with E-state index in [0.717, 1.165) is 16.7 Å². The minimum absolute atomic E-state index is 0.0486. The van der Waals surface area contributed by atoms with Gasteiger partial charge in [0.05, 0.1) is 22.6 Å². The number of aryl methyl sites for hydroxylation is 2. The number of nitrogens with one attached hydrogen (secondary N) is 1. The summed E-state index contributed by atoms with van der Waals surface area (Å²) in [7, 11) is 0. The lowest BCUT2D eigenvalue weighted by Crippen LogP contribution is -2.14. The fraction of sp³-hybridized carbons (Fsp3) is 0.160. The summed E-state index contributed by atoms with van der Waals surface area (Å²) in [6.07, 6.45) is 0.622. The molecule has 0 spiro atoms. The maximum absolute atomic E-state index is 13.1. The van der Waals surface area contributed by atoms with Gasteiger partial charge in [-0.15, -0.1) is 0 Å². The van der Waals surface area contributed by atoms with Gasteiger partial charge in [-0.3, -0.25) is 14.9 Å². The number of nitro benzene ring substituents is 1. The number of rotatable bonds is 6. The van der Waals surface area contributed by atoms with E-state index in [4.69, 9.17) is 16.3 Å². The van der Waals surface area contributed by atoms with Crippen molar-refractivity contribution in [3.63, 3.8) is 0 Å². The number of hydrogen-bond donors (Lipinski definition) is 1. The minimum atomic E-state index is -0.545. The normalized spacial score (nSPS) is 11.0. The van der Waals surface area contributed by atoms with Crippen LogP contribution in [0.4, 0.5) is 5.69 Å². The Kier molecular flexibility index (Phi) is 5.97. The van der Waals surface area contributed by atoms with E-state index in [1.807, 2.05) is 62.4 Å². The van der Waals surface area contributed by atoms with Crippen LogP contribution in [0.2, 0.25) is 5.02 Å². The quantitative estimate of drug-likeness (QED) is 0.290. The van der Waals surface area contributed by atoms with Crippen LogP contribution in [0.1, 0.15) is 16.7 Å². The topological polar surface area (TPSA) is 85.2 Å². The molecule has 6 nitrogen and oxygen atoms in total. The molecule has 0 saturated heterocycles. The van der Waals surface area contributed by atoms with Crippen molar-refractivity contribution in [2.24, 2.45) is 0 Å². The molecular formula is C25H21ClN2O4. The third kappa shape index (κ3) is 4.36. The molecular weight excluding hydrogens is 428 g/mol. The van der Waals surface area contributed by atoms with Crippen LogP contribution in [-0.2, 0) is 6.42 Å². The summed E-state index contributed by atoms with van der Waals surface area (Å²) >= 11 is 6.08. The third-order valence-electron chi connectivity index (χ3n) is 5.22. The molecule has 0 radical (unpaired) electrons. The van der Waals surface area contributed by atoms with E-state index >= 15 is 0 Å². The van der Waals surface area contributed by atoms with Gasteiger partial charge in [0.2, 0.25) is 0 Å². The summed E-state index contributed by atoms with van der Waals surface area (Å²) in [6.45, 7) is 4.20. The Bertz CT molecular complexity index is 1360. The molecule has 0 aliphatic carbocycles. The standard InChI is InChI=1S/C25H21ClN2O4/c1-15-10-16(2)12-18(11-15)23-24(32-9-8-17-6-4-3-5-7-17)19-13-22(28(30)31)20(26)14-21(19)27-25(23)29/h3-7,10-14H,8-9H2,1-2H3,(H,27,29). The monoisotopic (exact) mass is 448 g/mol. The van der Waals surface area contributed by atoms with Crippen LogP contribution in [0.25, 0.3) is 22.0 Å². The van der Waals surface area contributed by atoms with Crippen molar-refractivity contribution in [2.45, 2.75) is 20.3 Å². The van der Waals surface area contributed by atoms with Gasteiger partial charge < -0.3 is 9.72 Å². The summed E-state index contributed by atoms with van der Waals surface area (Å²) in [6, 6.07) is 18.4. The lowest BCUT2D eigenvalue weighted by Gasteiger charge is -2.15. The minimum Gasteiger partial charge on any atom is -0.492 e. The second kappa shape index (κ2) is 8.85. The molecule has 4 rings (SSSR count). The van der Waals surface area contributed by atoms with Crippen molar-refractivity contribution in [1.29, 1.82) is 0 Å². The second-order valence-electron chi connectivity index (χ2n) is 7.73. The van der Waals surface area contributed by atoms with Gasteiger partial charge in [-0.1, -0.05) is 71.3 Å². The molecule has 3 aromatic carbocycles. The maximum atomic E-state index is 13.1. The first kappa shape index (κ1) is 21.6. The Balaban J connectivity index is 1.91. The number of nitrogens with zero attached hydrogens (tertiary/aromatic N) is 1. The lowest BCUT2D eigenvalue weighted by atomic mass is 9.99. The zero-order chi connectivity index (χ0) is 22.8. The van der Waals surface area contributed by atoms with Crippen LogP contribution < -0.4 is 10.3 Å². The van der Waals surface area contributed by atoms with Crippen molar-refractivity contribution in [1.82, 2.24) is 4.98 Å². The molecule has 1 heterocycles. The Morgan fingerprint density at radius 1 is 1.03 bits per heavy atom. The van der Waals surface area contributed by atoms with Gasteiger partial charge in [0.15, 0.2) is 0 Å². The lowest BCUT2D eigenvalue weighted by molar-refractivity contribution is -0.384. The highest BCUT2D eigenvalue weighted by atomic mass is 35.5. The summed E-state index contributed by atoms with van der Waals surface area (Å²) in [5, 5.41) is 11.9. The number of benzene rings is 3. The van der Waals surface area contributed by atoms with Gasteiger partial charge in [0, 0.05) is 17.9 Å². The first-order valence-corrected chi connectivity index (χ1v) is 10.5. The number of aromatic nitrogens is 1. The highest BCUT2D eigenvalue weighted by Crippen LogP contribution is 2.38. The number of pyridine rings is 1. The van der Waals surface area contributed by atoms with Crippen LogP contribution in [0.15, 0.2) is 65.5 Å². The maximum Gasteiger partial charge on any atom is 0.288 e. The number of fused-ring (bicyclic) bond motifs is 1. The van der Waals surface area contributed by atoms with Crippen LogP contribution >= 0.6 is 11.6 Å². The van der Waals surface area contributed by atoms with Crippen molar-refractivity contribution in [2.75, 3.05) is 6.61 Å². The molecule has 0 amide bonds. The van der Waals surface area contributed by atoms with Crippen molar-refractivity contribution in [3.05, 3.63) is 103 Å². The number of ether oxygens (including phenoxy) is 1. The molecule has 0 aliphatic rings. The third-order valence-corrected chi connectivity index (χ3v) is 5.52. The SMILES string of the molecule is Cc1cc(C)cc(-c2c(OCCc3ccccc3)c3cc([N+](=O)[O-])c(Cl)cc3[nH]c2=O)c1. The van der Waals surface area contributed by atoms with Gasteiger partial charge in [0.25, 0.3) is 11.2 Å². The Morgan fingerprint density at radius 3 is 2.38 bits per heavy atom. The average molecular weight is 449 g/mol. The summed E-state index contributed by atoms with van der Waals surface area (Å²) in [5.41, 5.74) is 3.91.